The molecule has 0 aromatic heterocycles. The van der Waals surface area contributed by atoms with Crippen molar-refractivity contribution >= 4 is 5.90 Å². The first-order valence-corrected chi connectivity index (χ1v) is 4.90. The minimum absolute atomic E-state index is 0.0640. The van der Waals surface area contributed by atoms with E-state index in [2.05, 4.69) is 18.2 Å². The fourth-order valence-electron chi connectivity index (χ4n) is 1.31. The van der Waals surface area contributed by atoms with E-state index in [1.54, 1.807) is 0 Å². The molecular formula is C11H17NO3. The Morgan fingerprint density at radius 2 is 2.40 bits per heavy atom. The molecule has 1 saturated heterocycles. The van der Waals surface area contributed by atoms with Crippen molar-refractivity contribution in [2.24, 2.45) is 4.99 Å². The fraction of sp³-hybridized carbons (Fsp3) is 0.545. The van der Waals surface area contributed by atoms with Crippen LogP contribution in [0.5, 0.6) is 0 Å². The maximum absolute atomic E-state index is 5.44. The van der Waals surface area contributed by atoms with Crippen LogP contribution in [0.2, 0.25) is 0 Å². The molecule has 0 bridgehead atoms. The summed E-state index contributed by atoms with van der Waals surface area (Å²) < 4.78 is 15.7. The number of hydrogen-bond donors (Lipinski definition) is 0. The van der Waals surface area contributed by atoms with Gasteiger partial charge in [-0.2, -0.15) is 0 Å². The van der Waals surface area contributed by atoms with Gasteiger partial charge >= 0.3 is 0 Å². The molecule has 1 rings (SSSR count). The van der Waals surface area contributed by atoms with Crippen molar-refractivity contribution < 1.29 is 14.2 Å². The van der Waals surface area contributed by atoms with Gasteiger partial charge in [0.2, 0.25) is 5.90 Å². The second-order valence-corrected chi connectivity index (χ2v) is 3.10. The quantitative estimate of drug-likeness (QED) is 0.511. The molecule has 2 unspecified atom stereocenters. The van der Waals surface area contributed by atoms with Gasteiger partial charge in [0.15, 0.2) is 0 Å². The molecule has 0 aliphatic carbocycles. The van der Waals surface area contributed by atoms with Crippen molar-refractivity contribution in [3.05, 3.63) is 24.9 Å². The zero-order valence-corrected chi connectivity index (χ0v) is 9.23. The standard InChI is InChI=1S/C11H17NO3/c1-5-10(13-4)12-8(3)11-9(7-15-11)14-6-2/h5,9,11H,1,3,6-7H2,2,4H3/b12-10-. The van der Waals surface area contributed by atoms with Gasteiger partial charge in [-0.1, -0.05) is 13.2 Å². The van der Waals surface area contributed by atoms with Gasteiger partial charge in [0.1, 0.15) is 12.2 Å². The Bertz CT molecular complexity index is 273. The van der Waals surface area contributed by atoms with Gasteiger partial charge in [0.05, 0.1) is 19.4 Å². The summed E-state index contributed by atoms with van der Waals surface area (Å²) in [6.07, 6.45) is 1.43. The van der Waals surface area contributed by atoms with Gasteiger partial charge < -0.3 is 14.2 Å². The van der Waals surface area contributed by atoms with Gasteiger partial charge in [-0.15, -0.1) is 0 Å². The highest BCUT2D eigenvalue weighted by molar-refractivity contribution is 5.87. The van der Waals surface area contributed by atoms with Crippen molar-refractivity contribution in [1.82, 2.24) is 0 Å². The third-order valence-electron chi connectivity index (χ3n) is 2.12. The molecule has 4 heteroatoms. The molecule has 0 N–H and O–H groups in total. The van der Waals surface area contributed by atoms with E-state index in [-0.39, 0.29) is 12.2 Å². The highest BCUT2D eigenvalue weighted by Crippen LogP contribution is 2.23. The Balaban J connectivity index is 2.53. The van der Waals surface area contributed by atoms with E-state index >= 15 is 0 Å². The third kappa shape index (κ3) is 2.91. The summed E-state index contributed by atoms with van der Waals surface area (Å²) in [5, 5.41) is 0. The van der Waals surface area contributed by atoms with E-state index in [0.717, 1.165) is 0 Å². The second kappa shape index (κ2) is 5.68. The van der Waals surface area contributed by atoms with E-state index in [1.807, 2.05) is 6.92 Å². The van der Waals surface area contributed by atoms with Crippen LogP contribution >= 0.6 is 0 Å². The van der Waals surface area contributed by atoms with Gasteiger partial charge in [-0.05, 0) is 13.0 Å². The molecule has 15 heavy (non-hydrogen) atoms. The zero-order valence-electron chi connectivity index (χ0n) is 9.23. The lowest BCUT2D eigenvalue weighted by Crippen LogP contribution is -2.47. The molecule has 1 heterocycles. The minimum Gasteiger partial charge on any atom is -0.481 e. The van der Waals surface area contributed by atoms with Gasteiger partial charge in [0.25, 0.3) is 0 Å². The number of methoxy groups -OCH3 is 1. The third-order valence-corrected chi connectivity index (χ3v) is 2.12. The Labute approximate surface area is 90.2 Å². The van der Waals surface area contributed by atoms with E-state index in [0.29, 0.717) is 24.8 Å². The molecule has 1 aliphatic heterocycles. The van der Waals surface area contributed by atoms with Crippen LogP contribution in [0, 0.1) is 0 Å². The van der Waals surface area contributed by atoms with E-state index < -0.39 is 0 Å². The van der Waals surface area contributed by atoms with Crippen LogP contribution in [0.3, 0.4) is 0 Å². The van der Waals surface area contributed by atoms with Crippen molar-refractivity contribution in [2.75, 3.05) is 20.3 Å². The Hall–Kier alpha value is -1.13. The highest BCUT2D eigenvalue weighted by Gasteiger charge is 2.35. The largest absolute Gasteiger partial charge is 0.481 e. The maximum Gasteiger partial charge on any atom is 0.212 e. The van der Waals surface area contributed by atoms with Crippen LogP contribution < -0.4 is 0 Å². The van der Waals surface area contributed by atoms with Crippen LogP contribution in [-0.2, 0) is 14.2 Å². The molecule has 2 atom stereocenters. The number of nitrogens with zero attached hydrogens (tertiary/aromatic N) is 1. The molecule has 0 saturated carbocycles. The average Bonchev–Trinajstić information content (AvgIpc) is 2.20. The summed E-state index contributed by atoms with van der Waals surface area (Å²) in [4.78, 5) is 4.14. The molecule has 0 aromatic carbocycles. The lowest BCUT2D eigenvalue weighted by Gasteiger charge is -2.36. The molecule has 0 aromatic rings. The minimum atomic E-state index is -0.157. The normalized spacial score (nSPS) is 25.6. The number of aliphatic imine (C=N–C) groups is 1. The first-order chi connectivity index (χ1) is 7.22. The van der Waals surface area contributed by atoms with E-state index in [1.165, 1.54) is 13.2 Å². The lowest BCUT2D eigenvalue weighted by molar-refractivity contribution is -0.169. The van der Waals surface area contributed by atoms with Crippen LogP contribution in [0.25, 0.3) is 0 Å². The van der Waals surface area contributed by atoms with Crippen molar-refractivity contribution in [3.63, 3.8) is 0 Å². The van der Waals surface area contributed by atoms with Crippen LogP contribution in [0.4, 0.5) is 0 Å². The maximum atomic E-state index is 5.44. The topological polar surface area (TPSA) is 40.0 Å². The molecule has 0 radical (unpaired) electrons. The van der Waals surface area contributed by atoms with Crippen molar-refractivity contribution in [3.8, 4) is 0 Å². The van der Waals surface area contributed by atoms with Gasteiger partial charge in [0, 0.05) is 6.61 Å². The molecule has 0 amide bonds. The summed E-state index contributed by atoms with van der Waals surface area (Å²) >= 11 is 0. The molecular weight excluding hydrogens is 194 g/mol. The molecule has 4 nitrogen and oxygen atoms in total. The average molecular weight is 211 g/mol. The lowest BCUT2D eigenvalue weighted by atomic mass is 10.1. The molecule has 1 fully saturated rings. The Kier molecular flexibility index (Phi) is 4.52. The molecule has 1 aliphatic rings. The SMILES string of the molecule is C=C/C(=N/C(=C)C1OCC1OCC)OC. The van der Waals surface area contributed by atoms with Gasteiger partial charge in [-0.25, -0.2) is 4.99 Å². The van der Waals surface area contributed by atoms with Crippen molar-refractivity contribution in [1.29, 1.82) is 0 Å². The van der Waals surface area contributed by atoms with Gasteiger partial charge in [-0.3, -0.25) is 0 Å². The summed E-state index contributed by atoms with van der Waals surface area (Å²) in [5.74, 6) is 0.436. The number of hydrogen-bond acceptors (Lipinski definition) is 4. The van der Waals surface area contributed by atoms with E-state index in [9.17, 15) is 0 Å². The summed E-state index contributed by atoms with van der Waals surface area (Å²) in [6.45, 7) is 10.6. The van der Waals surface area contributed by atoms with Crippen LogP contribution in [0.1, 0.15) is 6.92 Å². The summed E-state index contributed by atoms with van der Waals surface area (Å²) in [5.41, 5.74) is 0.608. The predicted molar refractivity (Wildman–Crippen MR) is 58.9 cm³/mol. The van der Waals surface area contributed by atoms with E-state index in [4.69, 9.17) is 14.2 Å². The van der Waals surface area contributed by atoms with Crippen molar-refractivity contribution in [2.45, 2.75) is 19.1 Å². The Morgan fingerprint density at radius 3 is 2.80 bits per heavy atom. The van der Waals surface area contributed by atoms with Crippen LogP contribution in [0.15, 0.2) is 29.9 Å². The fourth-order valence-corrected chi connectivity index (χ4v) is 1.31. The first-order valence-electron chi connectivity index (χ1n) is 4.90. The molecule has 0 spiro atoms. The zero-order chi connectivity index (χ0) is 11.3. The molecule has 84 valence electrons. The highest BCUT2D eigenvalue weighted by atomic mass is 16.6. The number of ether oxygens (including phenoxy) is 3. The second-order valence-electron chi connectivity index (χ2n) is 3.10. The smallest absolute Gasteiger partial charge is 0.212 e. The first kappa shape index (κ1) is 11.9. The Morgan fingerprint density at radius 1 is 1.67 bits per heavy atom. The predicted octanol–water partition coefficient (Wildman–Crippen LogP) is 1.53. The van der Waals surface area contributed by atoms with Crippen LogP contribution in [-0.4, -0.2) is 38.4 Å². The monoisotopic (exact) mass is 211 g/mol. The summed E-state index contributed by atoms with van der Waals surface area (Å²) in [6, 6.07) is 0. The number of rotatable bonds is 5. The summed E-state index contributed by atoms with van der Waals surface area (Å²) in [7, 11) is 1.54.